The van der Waals surface area contributed by atoms with Crippen LogP contribution in [-0.2, 0) is 14.3 Å². The zero-order valence-corrected chi connectivity index (χ0v) is 13.3. The fraction of sp³-hybridized carbons (Fsp3) is 0.471. The van der Waals surface area contributed by atoms with Gasteiger partial charge in [0.1, 0.15) is 0 Å². The first-order chi connectivity index (χ1) is 11.1. The van der Waals surface area contributed by atoms with Crippen molar-refractivity contribution >= 4 is 23.5 Å². The van der Waals surface area contributed by atoms with E-state index < -0.39 is 5.97 Å². The predicted octanol–water partition coefficient (Wildman–Crippen LogP) is 2.11. The number of hydrogen-bond acceptors (Lipinski definition) is 4. The fourth-order valence-electron chi connectivity index (χ4n) is 2.69. The normalized spacial score (nSPS) is 14.8. The third-order valence-electron chi connectivity index (χ3n) is 3.99. The highest BCUT2D eigenvalue weighted by atomic mass is 16.5. The van der Waals surface area contributed by atoms with E-state index in [1.807, 2.05) is 0 Å². The summed E-state index contributed by atoms with van der Waals surface area (Å²) in [5.41, 5.74) is 0.977. The van der Waals surface area contributed by atoms with Gasteiger partial charge in [-0.3, -0.25) is 9.59 Å². The number of amides is 2. The number of rotatable bonds is 5. The van der Waals surface area contributed by atoms with Gasteiger partial charge in [0.25, 0.3) is 0 Å². The van der Waals surface area contributed by atoms with Gasteiger partial charge in [-0.15, -0.1) is 0 Å². The largest absolute Gasteiger partial charge is 0.465 e. The van der Waals surface area contributed by atoms with Crippen molar-refractivity contribution in [2.75, 3.05) is 19.0 Å². The Labute approximate surface area is 135 Å². The molecule has 23 heavy (non-hydrogen) atoms. The summed E-state index contributed by atoms with van der Waals surface area (Å²) in [5.74, 6) is -0.723. The molecule has 2 rings (SSSR count). The molecule has 1 fully saturated rings. The van der Waals surface area contributed by atoms with E-state index in [1.54, 1.807) is 24.3 Å². The van der Waals surface area contributed by atoms with E-state index >= 15 is 0 Å². The summed E-state index contributed by atoms with van der Waals surface area (Å²) in [5, 5.41) is 5.36. The van der Waals surface area contributed by atoms with Crippen molar-refractivity contribution in [3.8, 4) is 0 Å². The van der Waals surface area contributed by atoms with Crippen molar-refractivity contribution in [1.82, 2.24) is 5.32 Å². The highest BCUT2D eigenvalue weighted by molar-refractivity contribution is 5.95. The molecule has 0 aliphatic heterocycles. The number of nitrogens with one attached hydrogen (secondary N) is 2. The molecule has 1 saturated carbocycles. The minimum Gasteiger partial charge on any atom is -0.465 e. The van der Waals surface area contributed by atoms with E-state index in [0.717, 1.165) is 25.7 Å². The minimum absolute atomic E-state index is 0.0379. The monoisotopic (exact) mass is 318 g/mol. The number of methoxy groups -OCH3 is 1. The van der Waals surface area contributed by atoms with E-state index in [9.17, 15) is 14.4 Å². The SMILES string of the molecule is COC(=O)c1ccc(NC(=O)CNC(=O)C2CCCCC2)cc1. The molecule has 1 aromatic rings. The number of ether oxygens (including phenoxy) is 1. The summed E-state index contributed by atoms with van der Waals surface area (Å²) in [6.07, 6.45) is 5.16. The van der Waals surface area contributed by atoms with Crippen molar-refractivity contribution in [3.05, 3.63) is 29.8 Å². The van der Waals surface area contributed by atoms with Gasteiger partial charge in [-0.2, -0.15) is 0 Å². The maximum Gasteiger partial charge on any atom is 0.337 e. The van der Waals surface area contributed by atoms with Crippen LogP contribution in [0.2, 0.25) is 0 Å². The lowest BCUT2D eigenvalue weighted by Crippen LogP contribution is -2.37. The molecule has 0 atom stereocenters. The maximum atomic E-state index is 12.0. The number of esters is 1. The molecule has 0 spiro atoms. The van der Waals surface area contributed by atoms with Gasteiger partial charge in [0.05, 0.1) is 19.2 Å². The molecule has 2 N–H and O–H groups in total. The molecule has 0 radical (unpaired) electrons. The Morgan fingerprint density at radius 2 is 1.74 bits per heavy atom. The van der Waals surface area contributed by atoms with Crippen LogP contribution in [0.1, 0.15) is 42.5 Å². The van der Waals surface area contributed by atoms with Crippen LogP contribution in [0.3, 0.4) is 0 Å². The van der Waals surface area contributed by atoms with Crippen LogP contribution < -0.4 is 10.6 Å². The van der Waals surface area contributed by atoms with Crippen LogP contribution in [0.5, 0.6) is 0 Å². The lowest BCUT2D eigenvalue weighted by atomic mass is 9.89. The van der Waals surface area contributed by atoms with Crippen molar-refractivity contribution in [1.29, 1.82) is 0 Å². The summed E-state index contributed by atoms with van der Waals surface area (Å²) >= 11 is 0. The van der Waals surface area contributed by atoms with Gasteiger partial charge in [0.15, 0.2) is 0 Å². The Morgan fingerprint density at radius 3 is 2.35 bits per heavy atom. The minimum atomic E-state index is -0.428. The van der Waals surface area contributed by atoms with Crippen LogP contribution in [0.4, 0.5) is 5.69 Å². The zero-order chi connectivity index (χ0) is 16.7. The number of benzene rings is 1. The smallest absolute Gasteiger partial charge is 0.337 e. The van der Waals surface area contributed by atoms with Crippen LogP contribution in [0.15, 0.2) is 24.3 Å². The molecule has 1 aliphatic rings. The van der Waals surface area contributed by atoms with E-state index in [4.69, 9.17) is 0 Å². The molecule has 2 amide bonds. The summed E-state index contributed by atoms with van der Waals surface area (Å²) in [4.78, 5) is 35.1. The third kappa shape index (κ3) is 5.09. The standard InChI is InChI=1S/C17H22N2O4/c1-23-17(22)13-7-9-14(10-8-13)19-15(20)11-18-16(21)12-5-3-2-4-6-12/h7-10,12H,2-6,11H2,1H3,(H,18,21)(H,19,20). The van der Waals surface area contributed by atoms with Crippen LogP contribution in [-0.4, -0.2) is 31.4 Å². The second kappa shape index (κ2) is 8.31. The molecule has 0 saturated heterocycles. The number of hydrogen-bond donors (Lipinski definition) is 2. The Kier molecular flexibility index (Phi) is 6.14. The molecular formula is C17H22N2O4. The van der Waals surface area contributed by atoms with Crippen molar-refractivity contribution in [2.24, 2.45) is 5.92 Å². The van der Waals surface area contributed by atoms with E-state index in [2.05, 4.69) is 15.4 Å². The first-order valence-corrected chi connectivity index (χ1v) is 7.86. The van der Waals surface area contributed by atoms with Crippen molar-refractivity contribution in [2.45, 2.75) is 32.1 Å². The van der Waals surface area contributed by atoms with Gasteiger partial charge >= 0.3 is 5.97 Å². The van der Waals surface area contributed by atoms with E-state index in [1.165, 1.54) is 13.5 Å². The van der Waals surface area contributed by atoms with Crippen molar-refractivity contribution < 1.29 is 19.1 Å². The van der Waals surface area contributed by atoms with Gasteiger partial charge in [-0.1, -0.05) is 19.3 Å². The van der Waals surface area contributed by atoms with E-state index in [0.29, 0.717) is 11.3 Å². The average molecular weight is 318 g/mol. The third-order valence-corrected chi connectivity index (χ3v) is 3.99. The number of carbonyl (C=O) groups is 3. The summed E-state index contributed by atoms with van der Waals surface area (Å²) < 4.78 is 4.61. The number of anilines is 1. The summed E-state index contributed by atoms with van der Waals surface area (Å²) in [6, 6.07) is 6.38. The fourth-order valence-corrected chi connectivity index (χ4v) is 2.69. The van der Waals surface area contributed by atoms with Gasteiger partial charge in [0.2, 0.25) is 11.8 Å². The first kappa shape index (κ1) is 17.0. The van der Waals surface area contributed by atoms with Crippen LogP contribution in [0, 0.1) is 5.92 Å². The molecule has 1 aromatic carbocycles. The Hall–Kier alpha value is -2.37. The number of carbonyl (C=O) groups excluding carboxylic acids is 3. The highest BCUT2D eigenvalue weighted by Gasteiger charge is 2.21. The van der Waals surface area contributed by atoms with E-state index in [-0.39, 0.29) is 24.3 Å². The van der Waals surface area contributed by atoms with Gasteiger partial charge in [-0.05, 0) is 37.1 Å². The quantitative estimate of drug-likeness (QED) is 0.814. The van der Waals surface area contributed by atoms with Crippen LogP contribution in [0.25, 0.3) is 0 Å². The Morgan fingerprint density at radius 1 is 1.09 bits per heavy atom. The second-order valence-corrected chi connectivity index (χ2v) is 5.67. The molecule has 0 heterocycles. The topological polar surface area (TPSA) is 84.5 Å². The summed E-state index contributed by atoms with van der Waals surface area (Å²) in [6.45, 7) is -0.0475. The predicted molar refractivity (Wildman–Crippen MR) is 86.0 cm³/mol. The second-order valence-electron chi connectivity index (χ2n) is 5.67. The van der Waals surface area contributed by atoms with Gasteiger partial charge in [0, 0.05) is 11.6 Å². The molecule has 0 bridgehead atoms. The molecule has 6 nitrogen and oxygen atoms in total. The van der Waals surface area contributed by atoms with Gasteiger partial charge in [-0.25, -0.2) is 4.79 Å². The molecule has 124 valence electrons. The highest BCUT2D eigenvalue weighted by Crippen LogP contribution is 2.23. The van der Waals surface area contributed by atoms with Gasteiger partial charge < -0.3 is 15.4 Å². The average Bonchev–Trinajstić information content (AvgIpc) is 2.60. The maximum absolute atomic E-state index is 12.0. The molecule has 6 heteroatoms. The lowest BCUT2D eigenvalue weighted by molar-refractivity contribution is -0.128. The lowest BCUT2D eigenvalue weighted by Gasteiger charge is -2.20. The Balaban J connectivity index is 1.78. The molecule has 0 aromatic heterocycles. The summed E-state index contributed by atoms with van der Waals surface area (Å²) in [7, 11) is 1.31. The zero-order valence-electron chi connectivity index (χ0n) is 13.3. The molecule has 1 aliphatic carbocycles. The van der Waals surface area contributed by atoms with Crippen molar-refractivity contribution in [3.63, 3.8) is 0 Å². The molecule has 0 unspecified atom stereocenters. The first-order valence-electron chi connectivity index (χ1n) is 7.86. The Bertz CT molecular complexity index is 562. The molecular weight excluding hydrogens is 296 g/mol. The van der Waals surface area contributed by atoms with Crippen LogP contribution >= 0.6 is 0 Å².